The predicted octanol–water partition coefficient (Wildman–Crippen LogP) is 3.38. The molecule has 0 fully saturated rings. The summed E-state index contributed by atoms with van der Waals surface area (Å²) in [5, 5.41) is 12.9. The van der Waals surface area contributed by atoms with Crippen LogP contribution < -0.4 is 5.32 Å². The molecule has 2 rings (SSSR count). The molecule has 0 spiro atoms. The third-order valence-corrected chi connectivity index (χ3v) is 3.52. The molecule has 5 nitrogen and oxygen atoms in total. The lowest BCUT2D eigenvalue weighted by molar-refractivity contribution is -0.139. The van der Waals surface area contributed by atoms with E-state index in [2.05, 4.69) is 5.32 Å². The summed E-state index contributed by atoms with van der Waals surface area (Å²) < 4.78 is 5.51. The van der Waals surface area contributed by atoms with Crippen molar-refractivity contribution in [1.82, 2.24) is 5.32 Å². The number of halogens is 1. The molecule has 0 aliphatic heterocycles. The lowest BCUT2D eigenvalue weighted by atomic mass is 10.1. The van der Waals surface area contributed by atoms with Gasteiger partial charge >= 0.3 is 5.97 Å². The van der Waals surface area contributed by atoms with Crippen LogP contribution in [-0.4, -0.2) is 23.0 Å². The summed E-state index contributed by atoms with van der Waals surface area (Å²) in [5.74, 6) is -1.46. The average Bonchev–Trinajstić information content (AvgIpc) is 2.75. The molecule has 2 N–H and O–H groups in total. The van der Waals surface area contributed by atoms with Gasteiger partial charge in [0.25, 0.3) is 5.91 Å². The first-order valence-electron chi connectivity index (χ1n) is 6.66. The smallest absolute Gasteiger partial charge is 0.326 e. The topological polar surface area (TPSA) is 79.5 Å². The van der Waals surface area contributed by atoms with E-state index in [1.54, 1.807) is 25.1 Å². The molecular formula is C15H16ClNO4. The van der Waals surface area contributed by atoms with Gasteiger partial charge < -0.3 is 14.8 Å². The fourth-order valence-corrected chi connectivity index (χ4v) is 2.35. The van der Waals surface area contributed by atoms with Gasteiger partial charge in [0.2, 0.25) is 0 Å². The van der Waals surface area contributed by atoms with E-state index in [1.165, 1.54) is 0 Å². The van der Waals surface area contributed by atoms with E-state index in [-0.39, 0.29) is 5.76 Å². The van der Waals surface area contributed by atoms with Crippen LogP contribution in [0.25, 0.3) is 11.0 Å². The first-order chi connectivity index (χ1) is 9.93. The zero-order valence-corrected chi connectivity index (χ0v) is 12.5. The molecule has 0 unspecified atom stereocenters. The molecule has 1 aromatic heterocycles. The van der Waals surface area contributed by atoms with Crippen molar-refractivity contribution in [2.75, 3.05) is 0 Å². The highest BCUT2D eigenvalue weighted by Crippen LogP contribution is 2.27. The fraction of sp³-hybridized carbons (Fsp3) is 0.333. The van der Waals surface area contributed by atoms with E-state index >= 15 is 0 Å². The number of carbonyl (C=O) groups is 2. The fourth-order valence-electron chi connectivity index (χ4n) is 2.18. The Bertz CT molecular complexity index is 692. The number of amides is 1. The second-order valence-corrected chi connectivity index (χ2v) is 5.29. The van der Waals surface area contributed by atoms with Gasteiger partial charge in [-0.2, -0.15) is 0 Å². The van der Waals surface area contributed by atoms with Gasteiger partial charge in [-0.05, 0) is 31.5 Å². The number of carboxylic acids is 1. The van der Waals surface area contributed by atoms with Crippen molar-refractivity contribution < 1.29 is 19.1 Å². The number of carboxylic acid groups (broad SMARTS) is 1. The highest BCUT2D eigenvalue weighted by atomic mass is 35.5. The molecule has 2 aromatic rings. The summed E-state index contributed by atoms with van der Waals surface area (Å²) >= 11 is 5.93. The van der Waals surface area contributed by atoms with Crippen LogP contribution in [0.15, 0.2) is 22.6 Å². The second kappa shape index (κ2) is 6.18. The molecule has 0 radical (unpaired) electrons. The summed E-state index contributed by atoms with van der Waals surface area (Å²) in [4.78, 5) is 23.3. The molecule has 112 valence electrons. The van der Waals surface area contributed by atoms with Crippen LogP contribution in [0, 0.1) is 6.92 Å². The molecule has 0 aliphatic carbocycles. The van der Waals surface area contributed by atoms with E-state index in [9.17, 15) is 9.59 Å². The number of hydrogen-bond donors (Lipinski definition) is 2. The van der Waals surface area contributed by atoms with Gasteiger partial charge in [0.15, 0.2) is 5.76 Å². The van der Waals surface area contributed by atoms with Crippen LogP contribution in [0.4, 0.5) is 0 Å². The van der Waals surface area contributed by atoms with Gasteiger partial charge in [0, 0.05) is 16.0 Å². The van der Waals surface area contributed by atoms with Crippen LogP contribution in [-0.2, 0) is 4.79 Å². The SMILES string of the molecule is CCC[C@H](NC(=O)c1oc2ccc(Cl)cc2c1C)C(=O)O. The van der Waals surface area contributed by atoms with Crippen LogP contribution in [0.5, 0.6) is 0 Å². The third kappa shape index (κ3) is 3.19. The Balaban J connectivity index is 2.31. The van der Waals surface area contributed by atoms with Crippen LogP contribution >= 0.6 is 11.6 Å². The van der Waals surface area contributed by atoms with E-state index in [0.717, 1.165) is 5.39 Å². The summed E-state index contributed by atoms with van der Waals surface area (Å²) in [6, 6.07) is 4.15. The molecule has 0 aliphatic rings. The van der Waals surface area contributed by atoms with Gasteiger partial charge in [0.05, 0.1) is 0 Å². The standard InChI is InChI=1S/C15H16ClNO4/c1-3-4-11(15(19)20)17-14(18)13-8(2)10-7-9(16)5-6-12(10)21-13/h5-7,11H,3-4H2,1-2H3,(H,17,18)(H,19,20)/t11-/m0/s1. The van der Waals surface area contributed by atoms with Gasteiger partial charge in [-0.25, -0.2) is 4.79 Å². The largest absolute Gasteiger partial charge is 0.480 e. The number of aryl methyl sites for hydroxylation is 1. The normalized spacial score (nSPS) is 12.3. The van der Waals surface area contributed by atoms with E-state index in [4.69, 9.17) is 21.1 Å². The van der Waals surface area contributed by atoms with Crippen molar-refractivity contribution in [2.24, 2.45) is 0 Å². The average molecular weight is 310 g/mol. The predicted molar refractivity (Wildman–Crippen MR) is 79.8 cm³/mol. The maximum Gasteiger partial charge on any atom is 0.326 e. The van der Waals surface area contributed by atoms with Crippen molar-refractivity contribution in [2.45, 2.75) is 32.7 Å². The lowest BCUT2D eigenvalue weighted by Crippen LogP contribution is -2.40. The minimum atomic E-state index is -1.05. The van der Waals surface area contributed by atoms with Crippen molar-refractivity contribution >= 4 is 34.4 Å². The molecule has 1 aromatic carbocycles. The molecule has 1 amide bonds. The number of aliphatic carboxylic acids is 1. The quantitative estimate of drug-likeness (QED) is 0.887. The highest BCUT2D eigenvalue weighted by Gasteiger charge is 2.24. The first kappa shape index (κ1) is 15.4. The summed E-state index contributed by atoms with van der Waals surface area (Å²) in [7, 11) is 0. The minimum absolute atomic E-state index is 0.120. The van der Waals surface area contributed by atoms with Gasteiger partial charge in [-0.15, -0.1) is 0 Å². The first-order valence-corrected chi connectivity index (χ1v) is 7.04. The molecule has 1 atom stereocenters. The molecule has 1 heterocycles. The summed E-state index contributed by atoms with van der Waals surface area (Å²) in [5.41, 5.74) is 1.19. The van der Waals surface area contributed by atoms with E-state index < -0.39 is 17.9 Å². The maximum atomic E-state index is 12.2. The van der Waals surface area contributed by atoms with Gasteiger partial charge in [-0.3, -0.25) is 4.79 Å². The summed E-state index contributed by atoms with van der Waals surface area (Å²) in [6.45, 7) is 3.60. The molecular weight excluding hydrogens is 294 g/mol. The monoisotopic (exact) mass is 309 g/mol. The number of furan rings is 1. The molecule has 0 saturated carbocycles. The van der Waals surface area contributed by atoms with E-state index in [0.29, 0.717) is 29.0 Å². The van der Waals surface area contributed by atoms with Crippen LogP contribution in [0.1, 0.15) is 35.9 Å². The molecule has 0 bridgehead atoms. The number of hydrogen-bond acceptors (Lipinski definition) is 3. The Morgan fingerprint density at radius 2 is 2.14 bits per heavy atom. The van der Waals surface area contributed by atoms with Crippen molar-refractivity contribution in [1.29, 1.82) is 0 Å². The van der Waals surface area contributed by atoms with Crippen LogP contribution in [0.3, 0.4) is 0 Å². The summed E-state index contributed by atoms with van der Waals surface area (Å²) in [6.07, 6.45) is 1.03. The Morgan fingerprint density at radius 1 is 1.43 bits per heavy atom. The zero-order valence-electron chi connectivity index (χ0n) is 11.8. The van der Waals surface area contributed by atoms with Gasteiger partial charge in [-0.1, -0.05) is 24.9 Å². The molecule has 0 saturated heterocycles. The third-order valence-electron chi connectivity index (χ3n) is 3.29. The number of rotatable bonds is 5. The zero-order chi connectivity index (χ0) is 15.6. The van der Waals surface area contributed by atoms with Crippen molar-refractivity contribution in [3.63, 3.8) is 0 Å². The molecule has 6 heteroatoms. The minimum Gasteiger partial charge on any atom is -0.480 e. The van der Waals surface area contributed by atoms with Crippen molar-refractivity contribution in [3.8, 4) is 0 Å². The number of fused-ring (bicyclic) bond motifs is 1. The van der Waals surface area contributed by atoms with Gasteiger partial charge in [0.1, 0.15) is 11.6 Å². The highest BCUT2D eigenvalue weighted by molar-refractivity contribution is 6.31. The number of benzene rings is 1. The Morgan fingerprint density at radius 3 is 2.76 bits per heavy atom. The second-order valence-electron chi connectivity index (χ2n) is 4.85. The molecule has 21 heavy (non-hydrogen) atoms. The number of nitrogens with one attached hydrogen (secondary N) is 1. The van der Waals surface area contributed by atoms with E-state index in [1.807, 2.05) is 6.92 Å². The lowest BCUT2D eigenvalue weighted by Gasteiger charge is -2.12. The van der Waals surface area contributed by atoms with Crippen LogP contribution in [0.2, 0.25) is 5.02 Å². The van der Waals surface area contributed by atoms with Crippen molar-refractivity contribution in [3.05, 3.63) is 34.5 Å². The Hall–Kier alpha value is -2.01. The Labute approximate surface area is 126 Å². The maximum absolute atomic E-state index is 12.2. The Kier molecular flexibility index (Phi) is 4.53. The number of carbonyl (C=O) groups excluding carboxylic acids is 1.